The third-order valence-electron chi connectivity index (χ3n) is 5.82. The Bertz CT molecular complexity index is 636. The van der Waals surface area contributed by atoms with Crippen molar-refractivity contribution in [3.05, 3.63) is 35.4 Å². The van der Waals surface area contributed by atoms with Gasteiger partial charge in [-0.3, -0.25) is 9.69 Å². The molecule has 1 aliphatic heterocycles. The third kappa shape index (κ3) is 2.35. The number of aryl methyl sites for hydroxylation is 1. The zero-order valence-corrected chi connectivity index (χ0v) is 13.5. The number of carbonyl (C=O) groups excluding carboxylic acids is 2. The second-order valence-corrected chi connectivity index (χ2v) is 7.27. The number of imide groups is 1. The molecule has 4 heteroatoms. The van der Waals surface area contributed by atoms with Crippen molar-refractivity contribution in [1.82, 2.24) is 10.2 Å². The van der Waals surface area contributed by atoms with Crippen LogP contribution in [-0.2, 0) is 16.8 Å². The summed E-state index contributed by atoms with van der Waals surface area (Å²) < 4.78 is 0. The third-order valence-corrected chi connectivity index (χ3v) is 5.82. The molecular formula is C19H24N2O2. The first-order chi connectivity index (χ1) is 11.2. The molecule has 0 radical (unpaired) electrons. The number of fused-ring (bicyclic) bond motifs is 2. The molecule has 2 fully saturated rings. The fourth-order valence-corrected chi connectivity index (χ4v) is 4.61. The SMILES string of the molecule is O=C1N[C@@]2(CCCc3ccccc32)C(=O)N1CC1CCCCC1. The number of nitrogens with one attached hydrogen (secondary N) is 1. The van der Waals surface area contributed by atoms with Gasteiger partial charge in [0.2, 0.25) is 0 Å². The molecule has 1 saturated carbocycles. The smallest absolute Gasteiger partial charge is 0.319 e. The molecule has 1 saturated heterocycles. The van der Waals surface area contributed by atoms with Gasteiger partial charge in [0.15, 0.2) is 0 Å². The second-order valence-electron chi connectivity index (χ2n) is 7.27. The maximum Gasteiger partial charge on any atom is 0.325 e. The molecule has 0 aromatic heterocycles. The molecule has 1 aromatic carbocycles. The highest BCUT2D eigenvalue weighted by molar-refractivity contribution is 6.07. The number of rotatable bonds is 2. The first-order valence-corrected chi connectivity index (χ1v) is 8.93. The van der Waals surface area contributed by atoms with Gasteiger partial charge in [0.25, 0.3) is 5.91 Å². The van der Waals surface area contributed by atoms with Crippen LogP contribution in [0, 0.1) is 5.92 Å². The van der Waals surface area contributed by atoms with Crippen LogP contribution in [0.5, 0.6) is 0 Å². The van der Waals surface area contributed by atoms with E-state index in [0.717, 1.165) is 37.7 Å². The van der Waals surface area contributed by atoms with Crippen LogP contribution in [0.3, 0.4) is 0 Å². The Balaban J connectivity index is 1.62. The van der Waals surface area contributed by atoms with Gasteiger partial charge in [0, 0.05) is 6.54 Å². The van der Waals surface area contributed by atoms with Crippen molar-refractivity contribution in [1.29, 1.82) is 0 Å². The van der Waals surface area contributed by atoms with Crippen LogP contribution in [-0.4, -0.2) is 23.4 Å². The molecule has 1 heterocycles. The minimum absolute atomic E-state index is 0.0276. The van der Waals surface area contributed by atoms with Crippen molar-refractivity contribution in [2.75, 3.05) is 6.54 Å². The average Bonchev–Trinajstić information content (AvgIpc) is 2.81. The molecule has 0 unspecified atom stereocenters. The Hall–Kier alpha value is -1.84. The van der Waals surface area contributed by atoms with Crippen LogP contribution in [0.15, 0.2) is 24.3 Å². The van der Waals surface area contributed by atoms with Crippen molar-refractivity contribution < 1.29 is 9.59 Å². The Morgan fingerprint density at radius 1 is 1.09 bits per heavy atom. The topological polar surface area (TPSA) is 49.4 Å². The number of benzene rings is 1. The summed E-state index contributed by atoms with van der Waals surface area (Å²) in [6.07, 6.45) is 8.67. The van der Waals surface area contributed by atoms with Crippen molar-refractivity contribution in [2.24, 2.45) is 5.92 Å². The standard InChI is InChI=1S/C19H24N2O2/c22-17-19(12-6-10-15-9-4-5-11-16(15)19)20-18(23)21(17)13-14-7-2-1-3-8-14/h4-5,9,11,14H,1-3,6-8,10,12-13H2,(H,20,23)/t19-/m1/s1. The molecule has 122 valence electrons. The van der Waals surface area contributed by atoms with E-state index in [0.29, 0.717) is 12.5 Å². The largest absolute Gasteiger partial charge is 0.325 e. The van der Waals surface area contributed by atoms with E-state index in [1.54, 1.807) is 0 Å². The zero-order valence-electron chi connectivity index (χ0n) is 13.5. The highest BCUT2D eigenvalue weighted by Crippen LogP contribution is 2.40. The van der Waals surface area contributed by atoms with Crippen LogP contribution >= 0.6 is 0 Å². The molecule has 3 amide bonds. The van der Waals surface area contributed by atoms with Gasteiger partial charge >= 0.3 is 6.03 Å². The lowest BCUT2D eigenvalue weighted by Gasteiger charge is -2.33. The van der Waals surface area contributed by atoms with E-state index in [1.165, 1.54) is 29.7 Å². The average molecular weight is 312 g/mol. The Morgan fingerprint density at radius 2 is 1.87 bits per heavy atom. The summed E-state index contributed by atoms with van der Waals surface area (Å²) in [5, 5.41) is 3.05. The van der Waals surface area contributed by atoms with Crippen molar-refractivity contribution in [2.45, 2.75) is 56.9 Å². The molecule has 4 nitrogen and oxygen atoms in total. The molecule has 2 aliphatic carbocycles. The zero-order chi connectivity index (χ0) is 15.9. The van der Waals surface area contributed by atoms with E-state index in [2.05, 4.69) is 11.4 Å². The van der Waals surface area contributed by atoms with E-state index in [-0.39, 0.29) is 11.9 Å². The van der Waals surface area contributed by atoms with Gasteiger partial charge in [-0.25, -0.2) is 4.79 Å². The highest BCUT2D eigenvalue weighted by Gasteiger charge is 2.54. The molecule has 1 aromatic rings. The number of urea groups is 1. The van der Waals surface area contributed by atoms with Crippen LogP contribution in [0.4, 0.5) is 4.79 Å². The first-order valence-electron chi connectivity index (χ1n) is 8.93. The van der Waals surface area contributed by atoms with Gasteiger partial charge in [-0.05, 0) is 49.1 Å². The van der Waals surface area contributed by atoms with Crippen molar-refractivity contribution in [3.8, 4) is 0 Å². The maximum absolute atomic E-state index is 13.2. The van der Waals surface area contributed by atoms with Gasteiger partial charge in [-0.2, -0.15) is 0 Å². The van der Waals surface area contributed by atoms with Crippen LogP contribution < -0.4 is 5.32 Å². The van der Waals surface area contributed by atoms with Gasteiger partial charge in [-0.15, -0.1) is 0 Å². The van der Waals surface area contributed by atoms with Gasteiger partial charge in [0.1, 0.15) is 5.54 Å². The summed E-state index contributed by atoms with van der Waals surface area (Å²) in [4.78, 5) is 27.2. The molecule has 1 atom stereocenters. The summed E-state index contributed by atoms with van der Waals surface area (Å²) in [6, 6.07) is 7.88. The minimum Gasteiger partial charge on any atom is -0.319 e. The van der Waals surface area contributed by atoms with Gasteiger partial charge in [-0.1, -0.05) is 43.5 Å². The summed E-state index contributed by atoms with van der Waals surface area (Å²) >= 11 is 0. The van der Waals surface area contributed by atoms with Crippen LogP contribution in [0.25, 0.3) is 0 Å². The molecule has 4 rings (SSSR count). The predicted molar refractivity (Wildman–Crippen MR) is 87.9 cm³/mol. The van der Waals surface area contributed by atoms with E-state index in [9.17, 15) is 9.59 Å². The molecule has 1 N–H and O–H groups in total. The number of hydrogen-bond donors (Lipinski definition) is 1. The quantitative estimate of drug-likeness (QED) is 0.851. The minimum atomic E-state index is -0.805. The fourth-order valence-electron chi connectivity index (χ4n) is 4.61. The lowest BCUT2D eigenvalue weighted by atomic mass is 9.76. The van der Waals surface area contributed by atoms with Crippen molar-refractivity contribution >= 4 is 11.9 Å². The first kappa shape index (κ1) is 14.7. The molecule has 3 aliphatic rings. The lowest BCUT2D eigenvalue weighted by Crippen LogP contribution is -2.46. The van der Waals surface area contributed by atoms with Crippen LogP contribution in [0.1, 0.15) is 56.1 Å². The van der Waals surface area contributed by atoms with E-state index in [4.69, 9.17) is 0 Å². The Morgan fingerprint density at radius 3 is 2.70 bits per heavy atom. The number of amides is 3. The number of hydrogen-bond acceptors (Lipinski definition) is 2. The summed E-state index contributed by atoms with van der Waals surface area (Å²) in [6.45, 7) is 0.592. The van der Waals surface area contributed by atoms with Crippen LogP contribution in [0.2, 0.25) is 0 Å². The van der Waals surface area contributed by atoms with Gasteiger partial charge in [0.05, 0.1) is 0 Å². The van der Waals surface area contributed by atoms with E-state index in [1.807, 2.05) is 18.2 Å². The Labute approximate surface area is 137 Å². The summed E-state index contributed by atoms with van der Waals surface area (Å²) in [5.74, 6) is 0.452. The van der Waals surface area contributed by atoms with Crippen molar-refractivity contribution in [3.63, 3.8) is 0 Å². The monoisotopic (exact) mass is 312 g/mol. The predicted octanol–water partition coefficient (Wildman–Crippen LogP) is 3.35. The summed E-state index contributed by atoms with van der Waals surface area (Å²) in [7, 11) is 0. The number of nitrogens with zero attached hydrogens (tertiary/aromatic N) is 1. The molecular weight excluding hydrogens is 288 g/mol. The normalized spacial score (nSPS) is 28.1. The maximum atomic E-state index is 13.2. The molecule has 1 spiro atoms. The summed E-state index contributed by atoms with van der Waals surface area (Å²) in [5.41, 5.74) is 1.41. The van der Waals surface area contributed by atoms with E-state index >= 15 is 0 Å². The Kier molecular flexibility index (Phi) is 3.63. The second kappa shape index (κ2) is 5.66. The van der Waals surface area contributed by atoms with E-state index < -0.39 is 5.54 Å². The highest BCUT2D eigenvalue weighted by atomic mass is 16.2. The fraction of sp³-hybridized carbons (Fsp3) is 0.579. The van der Waals surface area contributed by atoms with Gasteiger partial charge < -0.3 is 5.32 Å². The molecule has 23 heavy (non-hydrogen) atoms. The number of carbonyl (C=O) groups is 2. The molecule has 0 bridgehead atoms. The lowest BCUT2D eigenvalue weighted by molar-refractivity contribution is -0.132.